The first-order valence-electron chi connectivity index (χ1n) is 7.81. The Hall–Kier alpha value is -2.48. The van der Waals surface area contributed by atoms with Crippen molar-refractivity contribution in [3.63, 3.8) is 0 Å². The maximum atomic E-state index is 4.61. The zero-order valence-electron chi connectivity index (χ0n) is 13.3. The van der Waals surface area contributed by atoms with Crippen LogP contribution in [-0.4, -0.2) is 49.0 Å². The number of fused-ring (bicyclic) bond motifs is 1. The average molecular weight is 312 g/mol. The van der Waals surface area contributed by atoms with Gasteiger partial charge in [-0.1, -0.05) is 0 Å². The number of imidazole rings is 1. The van der Waals surface area contributed by atoms with Gasteiger partial charge in [0.25, 0.3) is 0 Å². The first kappa shape index (κ1) is 14.1. The number of nitrogens with one attached hydrogen (secondary N) is 1. The minimum absolute atomic E-state index is 0.648. The van der Waals surface area contributed by atoms with Crippen LogP contribution in [-0.2, 0) is 13.6 Å². The molecule has 4 rings (SSSR count). The van der Waals surface area contributed by atoms with Gasteiger partial charge in [0, 0.05) is 45.0 Å². The van der Waals surface area contributed by atoms with Gasteiger partial charge >= 0.3 is 0 Å². The van der Waals surface area contributed by atoms with Crippen LogP contribution < -0.4 is 10.2 Å². The van der Waals surface area contributed by atoms with E-state index in [1.807, 2.05) is 43.1 Å². The summed E-state index contributed by atoms with van der Waals surface area (Å²) in [5.74, 6) is 3.52. The summed E-state index contributed by atoms with van der Waals surface area (Å²) in [6.07, 6.45) is 3.80. The molecule has 0 bridgehead atoms. The van der Waals surface area contributed by atoms with E-state index in [1.165, 1.54) is 0 Å². The van der Waals surface area contributed by atoms with Crippen molar-refractivity contribution in [1.82, 2.24) is 34.7 Å². The van der Waals surface area contributed by atoms with Crippen LogP contribution in [0, 0.1) is 12.8 Å². The number of hydrogen-bond donors (Lipinski definition) is 1. The molecule has 120 valence electrons. The smallest absolute Gasteiger partial charge is 0.178 e. The third kappa shape index (κ3) is 2.65. The summed E-state index contributed by atoms with van der Waals surface area (Å²) in [5.41, 5.74) is 0.792. The van der Waals surface area contributed by atoms with Crippen molar-refractivity contribution < 1.29 is 0 Å². The molecule has 23 heavy (non-hydrogen) atoms. The van der Waals surface area contributed by atoms with Gasteiger partial charge in [-0.2, -0.15) is 4.52 Å². The minimum Gasteiger partial charge on any atom is -0.354 e. The van der Waals surface area contributed by atoms with E-state index in [0.29, 0.717) is 5.92 Å². The minimum atomic E-state index is 0.648. The molecule has 1 aliphatic rings. The second kappa shape index (κ2) is 5.62. The lowest BCUT2D eigenvalue weighted by molar-refractivity contribution is 0.378. The quantitative estimate of drug-likeness (QED) is 0.734. The summed E-state index contributed by atoms with van der Waals surface area (Å²) in [6.45, 7) is 5.76. The first-order chi connectivity index (χ1) is 11.2. The van der Waals surface area contributed by atoms with E-state index in [-0.39, 0.29) is 0 Å². The van der Waals surface area contributed by atoms with Gasteiger partial charge < -0.3 is 14.8 Å². The molecule has 3 aromatic rings. The van der Waals surface area contributed by atoms with Crippen LogP contribution >= 0.6 is 0 Å². The van der Waals surface area contributed by atoms with E-state index in [4.69, 9.17) is 0 Å². The molecular formula is C15H20N8. The Balaban J connectivity index is 1.30. The molecule has 0 aliphatic carbocycles. The van der Waals surface area contributed by atoms with Crippen molar-refractivity contribution in [3.05, 3.63) is 36.2 Å². The number of aryl methyl sites for hydroxylation is 2. The monoisotopic (exact) mass is 312 g/mol. The van der Waals surface area contributed by atoms with Gasteiger partial charge in [-0.25, -0.2) is 4.98 Å². The van der Waals surface area contributed by atoms with Gasteiger partial charge in [-0.15, -0.1) is 15.3 Å². The van der Waals surface area contributed by atoms with E-state index in [0.717, 1.165) is 49.3 Å². The standard InChI is InChI=1S/C15H20N8/c1-11-18-19-13-3-4-14(20-23(11)13)22-9-12(10-22)7-16-8-15-17-5-6-21(15)2/h3-6,12,16H,7-10H2,1-2H3. The summed E-state index contributed by atoms with van der Waals surface area (Å²) in [4.78, 5) is 6.60. The van der Waals surface area contributed by atoms with Crippen LogP contribution in [0.15, 0.2) is 24.5 Å². The van der Waals surface area contributed by atoms with Gasteiger partial charge in [0.05, 0.1) is 6.54 Å². The number of hydrogen-bond acceptors (Lipinski definition) is 6. The maximum Gasteiger partial charge on any atom is 0.178 e. The summed E-state index contributed by atoms with van der Waals surface area (Å²) in [7, 11) is 2.02. The highest BCUT2D eigenvalue weighted by atomic mass is 15.4. The van der Waals surface area contributed by atoms with Crippen LogP contribution in [0.5, 0.6) is 0 Å². The fraction of sp³-hybridized carbons (Fsp3) is 0.467. The molecule has 8 nitrogen and oxygen atoms in total. The lowest BCUT2D eigenvalue weighted by atomic mass is 10.0. The number of nitrogens with zero attached hydrogens (tertiary/aromatic N) is 7. The molecule has 3 aromatic heterocycles. The van der Waals surface area contributed by atoms with Crippen molar-refractivity contribution >= 4 is 11.5 Å². The zero-order chi connectivity index (χ0) is 15.8. The Morgan fingerprint density at radius 1 is 1.26 bits per heavy atom. The Kier molecular flexibility index (Phi) is 3.45. The third-order valence-corrected chi connectivity index (χ3v) is 4.32. The number of rotatable bonds is 5. The average Bonchev–Trinajstić information content (AvgIpc) is 3.08. The van der Waals surface area contributed by atoms with Crippen molar-refractivity contribution in [2.24, 2.45) is 13.0 Å². The normalized spacial score (nSPS) is 15.3. The van der Waals surface area contributed by atoms with E-state index in [9.17, 15) is 0 Å². The summed E-state index contributed by atoms with van der Waals surface area (Å²) >= 11 is 0. The van der Waals surface area contributed by atoms with E-state index in [1.54, 1.807) is 4.52 Å². The molecule has 0 spiro atoms. The molecule has 0 radical (unpaired) electrons. The number of aromatic nitrogens is 6. The summed E-state index contributed by atoms with van der Waals surface area (Å²) in [6, 6.07) is 3.98. The molecule has 1 aliphatic heterocycles. The topological polar surface area (TPSA) is 76.2 Å². The molecule has 0 atom stereocenters. The van der Waals surface area contributed by atoms with E-state index in [2.05, 4.69) is 30.5 Å². The van der Waals surface area contributed by atoms with Crippen LogP contribution in [0.2, 0.25) is 0 Å². The van der Waals surface area contributed by atoms with E-state index >= 15 is 0 Å². The Morgan fingerprint density at radius 2 is 2.13 bits per heavy atom. The second-order valence-electron chi connectivity index (χ2n) is 6.07. The van der Waals surface area contributed by atoms with Crippen molar-refractivity contribution in [2.45, 2.75) is 13.5 Å². The van der Waals surface area contributed by atoms with Crippen molar-refractivity contribution in [2.75, 3.05) is 24.5 Å². The first-order valence-corrected chi connectivity index (χ1v) is 7.81. The molecule has 0 aromatic carbocycles. The third-order valence-electron chi connectivity index (χ3n) is 4.32. The molecule has 1 fully saturated rings. The van der Waals surface area contributed by atoms with Crippen LogP contribution in [0.4, 0.5) is 5.82 Å². The van der Waals surface area contributed by atoms with Gasteiger partial charge in [0.2, 0.25) is 0 Å². The highest BCUT2D eigenvalue weighted by Crippen LogP contribution is 2.22. The Labute approximate surface area is 134 Å². The summed E-state index contributed by atoms with van der Waals surface area (Å²) in [5, 5.41) is 16.2. The van der Waals surface area contributed by atoms with E-state index < -0.39 is 0 Å². The molecule has 4 heterocycles. The predicted molar refractivity (Wildman–Crippen MR) is 86.1 cm³/mol. The maximum absolute atomic E-state index is 4.61. The lowest BCUT2D eigenvalue weighted by Crippen LogP contribution is -2.51. The highest BCUT2D eigenvalue weighted by Gasteiger charge is 2.27. The molecule has 0 unspecified atom stereocenters. The van der Waals surface area contributed by atoms with Crippen molar-refractivity contribution in [3.8, 4) is 0 Å². The van der Waals surface area contributed by atoms with Crippen LogP contribution in [0.25, 0.3) is 5.65 Å². The zero-order valence-corrected chi connectivity index (χ0v) is 13.3. The van der Waals surface area contributed by atoms with Gasteiger partial charge in [-0.05, 0) is 19.1 Å². The number of anilines is 1. The Bertz CT molecular complexity index is 814. The predicted octanol–water partition coefficient (Wildman–Crippen LogP) is 0.392. The fourth-order valence-corrected chi connectivity index (χ4v) is 2.90. The van der Waals surface area contributed by atoms with Gasteiger partial charge in [-0.3, -0.25) is 0 Å². The summed E-state index contributed by atoms with van der Waals surface area (Å²) < 4.78 is 3.84. The fourth-order valence-electron chi connectivity index (χ4n) is 2.90. The molecule has 0 saturated carbocycles. The molecule has 1 N–H and O–H groups in total. The lowest BCUT2D eigenvalue weighted by Gasteiger charge is -2.40. The van der Waals surface area contributed by atoms with Gasteiger partial charge in [0.1, 0.15) is 11.6 Å². The molecular weight excluding hydrogens is 292 g/mol. The second-order valence-corrected chi connectivity index (χ2v) is 6.07. The van der Waals surface area contributed by atoms with Crippen LogP contribution in [0.3, 0.4) is 0 Å². The molecule has 8 heteroatoms. The SMILES string of the molecule is Cc1nnc2ccc(N3CC(CNCc4nccn4C)C3)nn12. The highest BCUT2D eigenvalue weighted by molar-refractivity contribution is 5.47. The van der Waals surface area contributed by atoms with Gasteiger partial charge in [0.15, 0.2) is 11.5 Å². The molecule has 1 saturated heterocycles. The largest absolute Gasteiger partial charge is 0.354 e. The van der Waals surface area contributed by atoms with Crippen molar-refractivity contribution in [1.29, 1.82) is 0 Å². The molecule has 0 amide bonds. The van der Waals surface area contributed by atoms with Crippen LogP contribution in [0.1, 0.15) is 11.6 Å². The Morgan fingerprint density at radius 3 is 2.91 bits per heavy atom.